The zero-order valence-corrected chi connectivity index (χ0v) is 11.7. The molecule has 6 nitrogen and oxygen atoms in total. The van der Waals surface area contributed by atoms with Crippen molar-refractivity contribution in [3.63, 3.8) is 0 Å². The molecule has 0 fully saturated rings. The molecule has 0 saturated heterocycles. The Balaban J connectivity index is 3.09. The van der Waals surface area contributed by atoms with Crippen molar-refractivity contribution in [1.29, 1.82) is 0 Å². The van der Waals surface area contributed by atoms with Gasteiger partial charge in [-0.05, 0) is 27.9 Å². The number of nitrogens with zero attached hydrogens (tertiary/aromatic N) is 3. The van der Waals surface area contributed by atoms with Crippen molar-refractivity contribution in [3.05, 3.63) is 16.7 Å². The number of anilines is 1. The first-order valence-corrected chi connectivity index (χ1v) is 6.04. The number of H-pyrrole nitrogens is 1. The smallest absolute Gasteiger partial charge is 0.295 e. The molecule has 1 rings (SSSR count). The van der Waals surface area contributed by atoms with E-state index in [1.807, 2.05) is 21.0 Å². The van der Waals surface area contributed by atoms with Gasteiger partial charge in [0.05, 0.1) is 13.4 Å². The molecular formula is C12H22N4O2. The SMILES string of the molecule is CCN(c1nc[nH]c(=O)c1OC)C(C)CN(C)C. The summed E-state index contributed by atoms with van der Waals surface area (Å²) in [4.78, 5) is 22.6. The van der Waals surface area contributed by atoms with Crippen molar-refractivity contribution in [1.82, 2.24) is 14.9 Å². The molecule has 0 bridgehead atoms. The van der Waals surface area contributed by atoms with E-state index in [0.29, 0.717) is 5.82 Å². The Kier molecular flexibility index (Phi) is 5.15. The maximum Gasteiger partial charge on any atom is 0.295 e. The van der Waals surface area contributed by atoms with Crippen molar-refractivity contribution in [3.8, 4) is 5.75 Å². The number of rotatable bonds is 6. The minimum atomic E-state index is -0.252. The Morgan fingerprint density at radius 2 is 2.17 bits per heavy atom. The normalized spacial score (nSPS) is 12.6. The molecule has 0 aliphatic heterocycles. The maximum absolute atomic E-state index is 11.7. The fourth-order valence-corrected chi connectivity index (χ4v) is 2.06. The Morgan fingerprint density at radius 1 is 1.50 bits per heavy atom. The van der Waals surface area contributed by atoms with Crippen LogP contribution in [0.15, 0.2) is 11.1 Å². The van der Waals surface area contributed by atoms with E-state index >= 15 is 0 Å². The van der Waals surface area contributed by atoms with Crippen molar-refractivity contribution >= 4 is 5.82 Å². The molecule has 1 unspecified atom stereocenters. The highest BCUT2D eigenvalue weighted by Crippen LogP contribution is 2.22. The molecule has 0 aromatic carbocycles. The van der Waals surface area contributed by atoms with Gasteiger partial charge in [0.1, 0.15) is 0 Å². The number of aromatic nitrogens is 2. The Morgan fingerprint density at radius 3 is 2.67 bits per heavy atom. The average molecular weight is 254 g/mol. The lowest BCUT2D eigenvalue weighted by molar-refractivity contribution is 0.366. The Hall–Kier alpha value is -1.56. The van der Waals surface area contributed by atoms with Crippen LogP contribution in [0.4, 0.5) is 5.82 Å². The first-order chi connectivity index (χ1) is 8.51. The fourth-order valence-electron chi connectivity index (χ4n) is 2.06. The zero-order chi connectivity index (χ0) is 13.7. The van der Waals surface area contributed by atoms with Gasteiger partial charge in [-0.2, -0.15) is 0 Å². The van der Waals surface area contributed by atoms with Crippen LogP contribution in [-0.2, 0) is 0 Å². The summed E-state index contributed by atoms with van der Waals surface area (Å²) in [6.45, 7) is 5.79. The van der Waals surface area contributed by atoms with Crippen molar-refractivity contribution < 1.29 is 4.74 Å². The quantitative estimate of drug-likeness (QED) is 0.803. The summed E-state index contributed by atoms with van der Waals surface area (Å²) < 4.78 is 5.15. The molecule has 0 radical (unpaired) electrons. The van der Waals surface area contributed by atoms with Gasteiger partial charge in [-0.25, -0.2) is 4.98 Å². The number of nitrogens with one attached hydrogen (secondary N) is 1. The van der Waals surface area contributed by atoms with Gasteiger partial charge >= 0.3 is 0 Å². The van der Waals surface area contributed by atoms with Crippen LogP contribution in [0.5, 0.6) is 5.75 Å². The second-order valence-electron chi connectivity index (χ2n) is 4.49. The number of methoxy groups -OCH3 is 1. The van der Waals surface area contributed by atoms with Crippen molar-refractivity contribution in [2.24, 2.45) is 0 Å². The van der Waals surface area contributed by atoms with Crippen LogP contribution in [0.2, 0.25) is 0 Å². The van der Waals surface area contributed by atoms with Gasteiger partial charge in [0.25, 0.3) is 5.56 Å². The highest BCUT2D eigenvalue weighted by molar-refractivity contribution is 5.51. The van der Waals surface area contributed by atoms with Crippen LogP contribution in [0, 0.1) is 0 Å². The summed E-state index contributed by atoms with van der Waals surface area (Å²) >= 11 is 0. The van der Waals surface area contributed by atoms with Gasteiger partial charge in [-0.3, -0.25) is 4.79 Å². The number of ether oxygens (including phenoxy) is 1. The minimum Gasteiger partial charge on any atom is -0.489 e. The molecule has 1 N–H and O–H groups in total. The topological polar surface area (TPSA) is 61.5 Å². The molecule has 0 aliphatic carbocycles. The molecular weight excluding hydrogens is 232 g/mol. The monoisotopic (exact) mass is 254 g/mol. The molecule has 0 saturated carbocycles. The fraction of sp³-hybridized carbons (Fsp3) is 0.667. The zero-order valence-electron chi connectivity index (χ0n) is 11.7. The van der Waals surface area contributed by atoms with Gasteiger partial charge < -0.3 is 19.5 Å². The predicted octanol–water partition coefficient (Wildman–Crippen LogP) is 0.555. The van der Waals surface area contributed by atoms with E-state index in [2.05, 4.69) is 26.7 Å². The molecule has 0 aliphatic rings. The third-order valence-electron chi connectivity index (χ3n) is 2.77. The summed E-state index contributed by atoms with van der Waals surface area (Å²) in [6.07, 6.45) is 1.41. The molecule has 1 aromatic rings. The molecule has 1 aromatic heterocycles. The second kappa shape index (κ2) is 6.39. The summed E-state index contributed by atoms with van der Waals surface area (Å²) in [5.74, 6) is 0.864. The van der Waals surface area contributed by atoms with Crippen LogP contribution >= 0.6 is 0 Å². The van der Waals surface area contributed by atoms with Crippen LogP contribution < -0.4 is 15.2 Å². The largest absolute Gasteiger partial charge is 0.489 e. The lowest BCUT2D eigenvalue weighted by atomic mass is 10.2. The minimum absolute atomic E-state index is 0.244. The van der Waals surface area contributed by atoms with Gasteiger partial charge in [0.15, 0.2) is 5.82 Å². The summed E-state index contributed by atoms with van der Waals surface area (Å²) in [7, 11) is 5.53. The first kappa shape index (κ1) is 14.5. The maximum atomic E-state index is 11.7. The van der Waals surface area contributed by atoms with E-state index in [1.165, 1.54) is 13.4 Å². The third kappa shape index (κ3) is 3.22. The number of hydrogen-bond acceptors (Lipinski definition) is 5. The van der Waals surface area contributed by atoms with Crippen LogP contribution in [0.1, 0.15) is 13.8 Å². The summed E-state index contributed by atoms with van der Waals surface area (Å²) in [6, 6.07) is 0.244. The molecule has 18 heavy (non-hydrogen) atoms. The number of hydrogen-bond donors (Lipinski definition) is 1. The molecule has 1 atom stereocenters. The summed E-state index contributed by atoms with van der Waals surface area (Å²) in [5.41, 5.74) is -0.252. The lowest BCUT2D eigenvalue weighted by Gasteiger charge is -2.31. The van der Waals surface area contributed by atoms with Crippen molar-refractivity contribution in [2.75, 3.05) is 39.2 Å². The second-order valence-corrected chi connectivity index (χ2v) is 4.49. The van der Waals surface area contributed by atoms with E-state index < -0.39 is 0 Å². The van der Waals surface area contributed by atoms with Crippen LogP contribution in [0.25, 0.3) is 0 Å². The molecule has 0 amide bonds. The van der Waals surface area contributed by atoms with E-state index in [4.69, 9.17) is 4.74 Å². The predicted molar refractivity (Wildman–Crippen MR) is 72.4 cm³/mol. The molecule has 1 heterocycles. The van der Waals surface area contributed by atoms with Gasteiger partial charge in [0, 0.05) is 19.1 Å². The molecule has 6 heteroatoms. The van der Waals surface area contributed by atoms with Crippen LogP contribution in [0.3, 0.4) is 0 Å². The summed E-state index contributed by atoms with van der Waals surface area (Å²) in [5, 5.41) is 0. The average Bonchev–Trinajstić information content (AvgIpc) is 2.29. The highest BCUT2D eigenvalue weighted by atomic mass is 16.5. The van der Waals surface area contributed by atoms with E-state index in [-0.39, 0.29) is 17.4 Å². The highest BCUT2D eigenvalue weighted by Gasteiger charge is 2.20. The van der Waals surface area contributed by atoms with E-state index in [0.717, 1.165) is 13.1 Å². The van der Waals surface area contributed by atoms with E-state index in [1.54, 1.807) is 0 Å². The Bertz CT molecular complexity index is 430. The number of likely N-dealkylation sites (N-methyl/N-ethyl adjacent to an activating group) is 2. The first-order valence-electron chi connectivity index (χ1n) is 6.04. The van der Waals surface area contributed by atoms with Crippen LogP contribution in [-0.4, -0.2) is 55.2 Å². The van der Waals surface area contributed by atoms with Gasteiger partial charge in [-0.15, -0.1) is 0 Å². The van der Waals surface area contributed by atoms with Crippen molar-refractivity contribution in [2.45, 2.75) is 19.9 Å². The molecule has 0 spiro atoms. The van der Waals surface area contributed by atoms with E-state index in [9.17, 15) is 4.79 Å². The van der Waals surface area contributed by atoms with Gasteiger partial charge in [-0.1, -0.05) is 0 Å². The number of aromatic amines is 1. The Labute approximate surface area is 108 Å². The lowest BCUT2D eigenvalue weighted by Crippen LogP contribution is -2.41. The third-order valence-corrected chi connectivity index (χ3v) is 2.77. The van der Waals surface area contributed by atoms with Gasteiger partial charge in [0.2, 0.25) is 5.75 Å². The molecule has 102 valence electrons. The standard InChI is InChI=1S/C12H22N4O2/c1-6-16(9(2)7-15(3)4)11-10(18-5)12(17)14-8-13-11/h8-9H,6-7H2,1-5H3,(H,13,14,17).